The van der Waals surface area contributed by atoms with Crippen LogP contribution in [0, 0.1) is 13.8 Å². The van der Waals surface area contributed by atoms with Gasteiger partial charge >= 0.3 is 0 Å². The Labute approximate surface area is 183 Å². The molecule has 0 aliphatic carbocycles. The third-order valence-electron chi connectivity index (χ3n) is 5.86. The molecular weight excluding hydrogens is 418 g/mol. The zero-order valence-corrected chi connectivity index (χ0v) is 18.5. The Balaban J connectivity index is 1.32. The molecule has 4 aromatic rings. The molecule has 8 heteroatoms. The second-order valence-electron chi connectivity index (χ2n) is 7.73. The van der Waals surface area contributed by atoms with Crippen molar-refractivity contribution in [2.24, 2.45) is 0 Å². The highest BCUT2D eigenvalue weighted by molar-refractivity contribution is 7.18. The molecule has 1 aliphatic heterocycles. The van der Waals surface area contributed by atoms with E-state index in [1.165, 1.54) is 5.69 Å². The Kier molecular flexibility index (Phi) is 4.97. The third-order valence-corrected chi connectivity index (χ3v) is 7.19. The summed E-state index contributed by atoms with van der Waals surface area (Å²) in [4.78, 5) is 31.4. The SMILES string of the molecule is Cc1sc2nc(CN3CCN(c4ccnc5cc(Cl)ccc45)CC3)[nH]c(=O)c2c1C. The third kappa shape index (κ3) is 3.47. The molecule has 1 aliphatic rings. The van der Waals surface area contributed by atoms with Crippen molar-refractivity contribution in [1.29, 1.82) is 0 Å². The van der Waals surface area contributed by atoms with E-state index in [1.807, 2.05) is 38.2 Å². The maximum absolute atomic E-state index is 12.5. The summed E-state index contributed by atoms with van der Waals surface area (Å²) in [5.41, 5.74) is 3.11. The van der Waals surface area contributed by atoms with Crippen molar-refractivity contribution in [1.82, 2.24) is 19.9 Å². The molecule has 3 aromatic heterocycles. The second-order valence-corrected chi connectivity index (χ2v) is 9.37. The highest BCUT2D eigenvalue weighted by atomic mass is 35.5. The average Bonchev–Trinajstić information content (AvgIpc) is 3.02. The number of hydrogen-bond donors (Lipinski definition) is 1. The van der Waals surface area contributed by atoms with Crippen LogP contribution in [0.1, 0.15) is 16.3 Å². The van der Waals surface area contributed by atoms with Gasteiger partial charge < -0.3 is 9.88 Å². The first-order valence-corrected chi connectivity index (χ1v) is 11.2. The molecule has 0 spiro atoms. The number of rotatable bonds is 3. The van der Waals surface area contributed by atoms with Crippen LogP contribution in [0.2, 0.25) is 5.02 Å². The normalized spacial score (nSPS) is 15.4. The Morgan fingerprint density at radius 2 is 1.97 bits per heavy atom. The van der Waals surface area contributed by atoms with Crippen LogP contribution in [0.5, 0.6) is 0 Å². The maximum atomic E-state index is 12.5. The number of anilines is 1. The van der Waals surface area contributed by atoms with Crippen molar-refractivity contribution >= 4 is 49.7 Å². The van der Waals surface area contributed by atoms with E-state index in [-0.39, 0.29) is 5.56 Å². The van der Waals surface area contributed by atoms with E-state index < -0.39 is 0 Å². The molecule has 0 unspecified atom stereocenters. The summed E-state index contributed by atoms with van der Waals surface area (Å²) in [5.74, 6) is 0.742. The average molecular weight is 440 g/mol. The van der Waals surface area contributed by atoms with Gasteiger partial charge in [-0.05, 0) is 43.7 Å². The molecule has 0 radical (unpaired) electrons. The van der Waals surface area contributed by atoms with Crippen molar-refractivity contribution in [2.45, 2.75) is 20.4 Å². The maximum Gasteiger partial charge on any atom is 0.259 e. The number of pyridine rings is 1. The summed E-state index contributed by atoms with van der Waals surface area (Å²) in [7, 11) is 0. The van der Waals surface area contributed by atoms with Gasteiger partial charge in [0, 0.05) is 53.3 Å². The van der Waals surface area contributed by atoms with Crippen molar-refractivity contribution < 1.29 is 0 Å². The summed E-state index contributed by atoms with van der Waals surface area (Å²) in [6, 6.07) is 7.93. The smallest absolute Gasteiger partial charge is 0.259 e. The molecule has 1 saturated heterocycles. The van der Waals surface area contributed by atoms with Crippen LogP contribution in [0.4, 0.5) is 5.69 Å². The minimum atomic E-state index is -0.0302. The molecule has 0 amide bonds. The number of H-pyrrole nitrogens is 1. The van der Waals surface area contributed by atoms with Crippen molar-refractivity contribution in [3.8, 4) is 0 Å². The van der Waals surface area contributed by atoms with Crippen LogP contribution in [0.25, 0.3) is 21.1 Å². The number of nitrogens with zero attached hydrogens (tertiary/aromatic N) is 4. The summed E-state index contributed by atoms with van der Waals surface area (Å²) in [5, 5.41) is 2.55. The first-order chi connectivity index (χ1) is 14.5. The van der Waals surface area contributed by atoms with Crippen LogP contribution in [-0.4, -0.2) is 46.0 Å². The van der Waals surface area contributed by atoms with Gasteiger partial charge in [0.15, 0.2) is 0 Å². The van der Waals surface area contributed by atoms with E-state index >= 15 is 0 Å². The first kappa shape index (κ1) is 19.5. The minimum Gasteiger partial charge on any atom is -0.368 e. The lowest BCUT2D eigenvalue weighted by atomic mass is 10.1. The van der Waals surface area contributed by atoms with Crippen molar-refractivity contribution in [3.05, 3.63) is 62.1 Å². The number of piperazine rings is 1. The molecule has 1 aromatic carbocycles. The van der Waals surface area contributed by atoms with Gasteiger partial charge in [-0.2, -0.15) is 0 Å². The van der Waals surface area contributed by atoms with E-state index in [0.29, 0.717) is 11.6 Å². The van der Waals surface area contributed by atoms with Crippen LogP contribution in [0.3, 0.4) is 0 Å². The fourth-order valence-corrected chi connectivity index (χ4v) is 5.33. The molecule has 0 atom stereocenters. The largest absolute Gasteiger partial charge is 0.368 e. The van der Waals surface area contributed by atoms with Crippen molar-refractivity contribution in [3.63, 3.8) is 0 Å². The Morgan fingerprint density at radius 3 is 2.77 bits per heavy atom. The monoisotopic (exact) mass is 439 g/mol. The van der Waals surface area contributed by atoms with Crippen LogP contribution in [0.15, 0.2) is 35.3 Å². The van der Waals surface area contributed by atoms with Gasteiger partial charge in [0.2, 0.25) is 0 Å². The van der Waals surface area contributed by atoms with E-state index in [0.717, 1.165) is 63.6 Å². The van der Waals surface area contributed by atoms with Crippen molar-refractivity contribution in [2.75, 3.05) is 31.1 Å². The summed E-state index contributed by atoms with van der Waals surface area (Å²) < 4.78 is 0. The lowest BCUT2D eigenvalue weighted by Crippen LogP contribution is -2.46. The molecular formula is C22H22ClN5OS. The zero-order chi connectivity index (χ0) is 20.8. The molecule has 0 bridgehead atoms. The number of hydrogen-bond acceptors (Lipinski definition) is 6. The summed E-state index contributed by atoms with van der Waals surface area (Å²) in [6.45, 7) is 8.30. The Bertz CT molecular complexity index is 1310. The highest BCUT2D eigenvalue weighted by Crippen LogP contribution is 2.29. The molecule has 5 rings (SSSR count). The Hall–Kier alpha value is -2.48. The number of aryl methyl sites for hydroxylation is 2. The molecule has 6 nitrogen and oxygen atoms in total. The number of halogens is 1. The molecule has 0 saturated carbocycles. The van der Waals surface area contributed by atoms with Gasteiger partial charge in [0.05, 0.1) is 17.4 Å². The number of aromatic nitrogens is 3. The summed E-state index contributed by atoms with van der Waals surface area (Å²) >= 11 is 7.72. The quantitative estimate of drug-likeness (QED) is 0.520. The number of aromatic amines is 1. The summed E-state index contributed by atoms with van der Waals surface area (Å²) in [6.07, 6.45) is 1.84. The zero-order valence-electron chi connectivity index (χ0n) is 16.9. The number of fused-ring (bicyclic) bond motifs is 2. The first-order valence-electron chi connectivity index (χ1n) is 10.00. The predicted molar refractivity (Wildman–Crippen MR) is 124 cm³/mol. The fraction of sp³-hybridized carbons (Fsp3) is 0.318. The van der Waals surface area contributed by atoms with Gasteiger partial charge in [-0.25, -0.2) is 4.98 Å². The van der Waals surface area contributed by atoms with Crippen LogP contribution < -0.4 is 10.5 Å². The van der Waals surface area contributed by atoms with Gasteiger partial charge in [0.1, 0.15) is 10.7 Å². The van der Waals surface area contributed by atoms with E-state index in [9.17, 15) is 4.79 Å². The second kappa shape index (κ2) is 7.65. The predicted octanol–water partition coefficient (Wildman–Crippen LogP) is 4.13. The van der Waals surface area contributed by atoms with E-state index in [1.54, 1.807) is 11.3 Å². The lowest BCUT2D eigenvalue weighted by molar-refractivity contribution is 0.244. The molecule has 30 heavy (non-hydrogen) atoms. The Morgan fingerprint density at radius 1 is 1.17 bits per heavy atom. The topological polar surface area (TPSA) is 65.1 Å². The van der Waals surface area contributed by atoms with Gasteiger partial charge in [-0.3, -0.25) is 14.7 Å². The number of nitrogens with one attached hydrogen (secondary N) is 1. The number of benzene rings is 1. The van der Waals surface area contributed by atoms with E-state index in [4.69, 9.17) is 16.6 Å². The fourth-order valence-electron chi connectivity index (χ4n) is 4.11. The lowest BCUT2D eigenvalue weighted by Gasteiger charge is -2.36. The van der Waals surface area contributed by atoms with Gasteiger partial charge in [-0.1, -0.05) is 11.6 Å². The highest BCUT2D eigenvalue weighted by Gasteiger charge is 2.20. The standard InChI is InChI=1S/C22H22ClN5OS/c1-13-14(2)30-22-20(13)21(29)25-19(26-22)12-27-7-9-28(10-8-27)18-5-6-24-17-11-15(23)3-4-16(17)18/h3-6,11H,7-10,12H2,1-2H3,(H,25,26,29). The van der Waals surface area contributed by atoms with Crippen LogP contribution >= 0.6 is 22.9 Å². The molecule has 1 N–H and O–H groups in total. The van der Waals surface area contributed by atoms with Gasteiger partial charge in [0.25, 0.3) is 5.56 Å². The number of thiophene rings is 1. The van der Waals surface area contributed by atoms with Gasteiger partial charge in [-0.15, -0.1) is 11.3 Å². The molecule has 154 valence electrons. The molecule has 1 fully saturated rings. The van der Waals surface area contributed by atoms with Crippen LogP contribution in [-0.2, 0) is 6.54 Å². The minimum absolute atomic E-state index is 0.0302. The van der Waals surface area contributed by atoms with E-state index in [2.05, 4.69) is 25.8 Å². The molecule has 4 heterocycles.